The lowest BCUT2D eigenvalue weighted by molar-refractivity contribution is -0.383. The van der Waals surface area contributed by atoms with E-state index >= 15 is 0 Å². The van der Waals surface area contributed by atoms with Crippen LogP contribution in [0.25, 0.3) is 11.0 Å². The van der Waals surface area contributed by atoms with Crippen LogP contribution in [0.1, 0.15) is 0 Å². The Hall–Kier alpha value is -2.22. The average Bonchev–Trinajstić information content (AvgIpc) is 2.64. The lowest BCUT2D eigenvalue weighted by Crippen LogP contribution is -1.94. The second-order valence-electron chi connectivity index (χ2n) is 2.46. The molecule has 2 aromatic rings. The highest BCUT2D eigenvalue weighted by atomic mass is 16.6. The Morgan fingerprint density at radius 3 is 2.79 bits per heavy atom. The van der Waals surface area contributed by atoms with Crippen molar-refractivity contribution in [3.63, 3.8) is 0 Å². The molecular formula is C6H4N4O4. The van der Waals surface area contributed by atoms with E-state index in [1.807, 2.05) is 5.48 Å². The minimum atomic E-state index is -0.603. The largest absolute Gasteiger partial charge is 0.300 e. The van der Waals surface area contributed by atoms with E-state index in [1.165, 1.54) is 12.1 Å². The van der Waals surface area contributed by atoms with Gasteiger partial charge >= 0.3 is 5.69 Å². The molecule has 1 heterocycles. The number of benzene rings is 1. The minimum Gasteiger partial charge on any atom is -0.291 e. The van der Waals surface area contributed by atoms with Gasteiger partial charge in [-0.2, -0.15) is 0 Å². The lowest BCUT2D eigenvalue weighted by Gasteiger charge is -1.97. The molecule has 14 heavy (non-hydrogen) atoms. The zero-order valence-electron chi connectivity index (χ0n) is 6.67. The molecule has 1 aromatic carbocycles. The molecule has 0 fully saturated rings. The van der Waals surface area contributed by atoms with E-state index in [4.69, 9.17) is 5.21 Å². The summed E-state index contributed by atoms with van der Waals surface area (Å²) in [6.07, 6.45) is 0. The summed E-state index contributed by atoms with van der Waals surface area (Å²) in [5.41, 5.74) is 1.92. The van der Waals surface area contributed by atoms with Crippen molar-refractivity contribution in [2.24, 2.45) is 0 Å². The second-order valence-corrected chi connectivity index (χ2v) is 2.46. The smallest absolute Gasteiger partial charge is 0.291 e. The quantitative estimate of drug-likeness (QED) is 0.542. The summed E-state index contributed by atoms with van der Waals surface area (Å²) < 4.78 is 4.34. The fourth-order valence-electron chi connectivity index (χ4n) is 1.09. The number of rotatable bonds is 2. The Labute approximate surface area is 76.2 Å². The molecule has 0 aliphatic heterocycles. The molecule has 2 N–H and O–H groups in total. The Kier molecular flexibility index (Phi) is 1.75. The van der Waals surface area contributed by atoms with Gasteiger partial charge in [-0.15, -0.1) is 0 Å². The fraction of sp³-hybridized carbons (Fsp3) is 0. The molecule has 0 amide bonds. The van der Waals surface area contributed by atoms with E-state index in [2.05, 4.69) is 14.9 Å². The second kappa shape index (κ2) is 2.92. The minimum absolute atomic E-state index is 0.00551. The van der Waals surface area contributed by atoms with E-state index in [1.54, 1.807) is 0 Å². The molecule has 8 heteroatoms. The number of nitro benzene ring substituents is 1. The van der Waals surface area contributed by atoms with Gasteiger partial charge < -0.3 is 0 Å². The van der Waals surface area contributed by atoms with Gasteiger partial charge in [-0.3, -0.25) is 20.8 Å². The van der Waals surface area contributed by atoms with E-state index < -0.39 is 4.92 Å². The molecule has 0 saturated heterocycles. The Morgan fingerprint density at radius 2 is 2.14 bits per heavy atom. The zero-order chi connectivity index (χ0) is 10.1. The lowest BCUT2D eigenvalue weighted by atomic mass is 10.2. The van der Waals surface area contributed by atoms with Crippen molar-refractivity contribution in [1.29, 1.82) is 0 Å². The molecule has 0 unspecified atom stereocenters. The maximum atomic E-state index is 10.5. The molecule has 72 valence electrons. The normalized spacial score (nSPS) is 10.4. The first-order valence-corrected chi connectivity index (χ1v) is 3.54. The van der Waals surface area contributed by atoms with E-state index in [0.717, 1.165) is 0 Å². The first-order valence-electron chi connectivity index (χ1n) is 3.54. The zero-order valence-corrected chi connectivity index (χ0v) is 6.67. The maximum absolute atomic E-state index is 10.5. The summed E-state index contributed by atoms with van der Waals surface area (Å²) in [7, 11) is 0. The van der Waals surface area contributed by atoms with E-state index in [-0.39, 0.29) is 22.4 Å². The Balaban J connectivity index is 2.78. The van der Waals surface area contributed by atoms with Gasteiger partial charge in [-0.1, -0.05) is 0 Å². The molecular weight excluding hydrogens is 192 g/mol. The third-order valence-corrected chi connectivity index (χ3v) is 1.71. The maximum Gasteiger partial charge on any atom is 0.300 e. The highest BCUT2D eigenvalue weighted by molar-refractivity contribution is 5.92. The van der Waals surface area contributed by atoms with Crippen molar-refractivity contribution >= 4 is 22.4 Å². The van der Waals surface area contributed by atoms with Crippen LogP contribution >= 0.6 is 0 Å². The summed E-state index contributed by atoms with van der Waals surface area (Å²) in [6, 6.07) is 2.51. The first-order chi connectivity index (χ1) is 6.74. The number of hydrogen-bond acceptors (Lipinski definition) is 7. The highest BCUT2D eigenvalue weighted by Gasteiger charge is 2.18. The van der Waals surface area contributed by atoms with Crippen LogP contribution in [0.4, 0.5) is 11.4 Å². The van der Waals surface area contributed by atoms with Gasteiger partial charge in [-0.05, 0) is 16.4 Å². The predicted molar refractivity (Wildman–Crippen MR) is 43.9 cm³/mol. The van der Waals surface area contributed by atoms with Crippen molar-refractivity contribution in [3.8, 4) is 0 Å². The Bertz CT molecular complexity index is 494. The number of aromatic nitrogens is 2. The van der Waals surface area contributed by atoms with Crippen LogP contribution in [0, 0.1) is 10.1 Å². The fourth-order valence-corrected chi connectivity index (χ4v) is 1.09. The van der Waals surface area contributed by atoms with Crippen molar-refractivity contribution < 1.29 is 14.8 Å². The molecule has 1 aromatic heterocycles. The van der Waals surface area contributed by atoms with Gasteiger partial charge in [0, 0.05) is 6.07 Å². The first kappa shape index (κ1) is 8.38. The van der Waals surface area contributed by atoms with Crippen molar-refractivity contribution in [2.45, 2.75) is 0 Å². The van der Waals surface area contributed by atoms with Crippen molar-refractivity contribution in [1.82, 2.24) is 10.3 Å². The average molecular weight is 196 g/mol. The van der Waals surface area contributed by atoms with Crippen LogP contribution < -0.4 is 5.48 Å². The third-order valence-electron chi connectivity index (χ3n) is 1.71. The molecule has 0 saturated carbocycles. The summed E-state index contributed by atoms with van der Waals surface area (Å²) in [4.78, 5) is 9.92. The third kappa shape index (κ3) is 1.05. The molecule has 0 radical (unpaired) electrons. The van der Waals surface area contributed by atoms with Gasteiger partial charge in [-0.25, -0.2) is 4.63 Å². The van der Waals surface area contributed by atoms with Gasteiger partial charge in [0.15, 0.2) is 5.52 Å². The topological polar surface area (TPSA) is 114 Å². The van der Waals surface area contributed by atoms with Crippen LogP contribution in [0.15, 0.2) is 16.8 Å². The number of fused-ring (bicyclic) bond motifs is 1. The van der Waals surface area contributed by atoms with Gasteiger partial charge in [0.25, 0.3) is 0 Å². The molecule has 8 nitrogen and oxygen atoms in total. The summed E-state index contributed by atoms with van der Waals surface area (Å²) in [5.74, 6) is 0. The number of non-ortho nitro benzene ring substituents is 1. The van der Waals surface area contributed by atoms with Crippen LogP contribution in [0.3, 0.4) is 0 Å². The SMILES string of the molecule is O=[N+]([O-])c1ccc(NO)c2nonc12. The van der Waals surface area contributed by atoms with Gasteiger partial charge in [0.2, 0.25) is 5.52 Å². The van der Waals surface area contributed by atoms with Gasteiger partial charge in [0.05, 0.1) is 10.6 Å². The van der Waals surface area contributed by atoms with Crippen LogP contribution in [0.5, 0.6) is 0 Å². The summed E-state index contributed by atoms with van der Waals surface area (Å²) >= 11 is 0. The standard InChI is InChI=1S/C6H4N4O4/c11-7-3-1-2-4(10(12)13)6-5(3)8-14-9-6/h1-2,7,11H. The van der Waals surface area contributed by atoms with Crippen LogP contribution in [-0.4, -0.2) is 20.4 Å². The van der Waals surface area contributed by atoms with Gasteiger partial charge in [0.1, 0.15) is 0 Å². The van der Waals surface area contributed by atoms with Crippen LogP contribution in [-0.2, 0) is 0 Å². The van der Waals surface area contributed by atoms with Crippen molar-refractivity contribution in [3.05, 3.63) is 22.2 Å². The predicted octanol–water partition coefficient (Wildman–Crippen LogP) is 0.932. The molecule has 0 bridgehead atoms. The molecule has 2 rings (SSSR count). The van der Waals surface area contributed by atoms with E-state index in [9.17, 15) is 10.1 Å². The van der Waals surface area contributed by atoms with Crippen LogP contribution in [0.2, 0.25) is 0 Å². The monoisotopic (exact) mass is 196 g/mol. The number of nitrogens with zero attached hydrogens (tertiary/aromatic N) is 3. The number of nitro groups is 1. The number of nitrogens with one attached hydrogen (secondary N) is 1. The Morgan fingerprint density at radius 1 is 1.43 bits per heavy atom. The molecule has 0 aliphatic carbocycles. The number of anilines is 1. The molecule has 0 atom stereocenters. The summed E-state index contributed by atoms with van der Waals surface area (Å²) in [6.45, 7) is 0. The highest BCUT2D eigenvalue weighted by Crippen LogP contribution is 2.27. The number of hydrogen-bond donors (Lipinski definition) is 2. The van der Waals surface area contributed by atoms with Crippen molar-refractivity contribution in [2.75, 3.05) is 5.48 Å². The molecule has 0 aliphatic rings. The summed E-state index contributed by atoms with van der Waals surface area (Å²) in [5, 5.41) is 26.0. The van der Waals surface area contributed by atoms with E-state index in [0.29, 0.717) is 0 Å². The molecule has 0 spiro atoms.